The zero-order chi connectivity index (χ0) is 12.4. The average molecular weight is 240 g/mol. The van der Waals surface area contributed by atoms with E-state index in [-0.39, 0.29) is 6.10 Å². The Balaban J connectivity index is 1.98. The number of aliphatic hydroxyl groups excluding tert-OH is 1. The van der Waals surface area contributed by atoms with Gasteiger partial charge in [0.05, 0.1) is 12.6 Å². The van der Waals surface area contributed by atoms with E-state index in [1.54, 1.807) is 6.92 Å². The van der Waals surface area contributed by atoms with Crippen molar-refractivity contribution in [2.45, 2.75) is 32.0 Å². The third-order valence-corrected chi connectivity index (χ3v) is 3.00. The molecule has 1 aromatic heterocycles. The van der Waals surface area contributed by atoms with Gasteiger partial charge in [0, 0.05) is 26.1 Å². The molecule has 1 saturated heterocycles. The molecule has 1 aliphatic rings. The topological polar surface area (TPSA) is 65.6 Å². The molecular formula is C11H20N4O2. The smallest absolute Gasteiger partial charge is 0.223 e. The number of aryl methyl sites for hydroxylation is 1. The lowest BCUT2D eigenvalue weighted by Crippen LogP contribution is -2.37. The van der Waals surface area contributed by atoms with Crippen LogP contribution >= 0.6 is 0 Å². The molecule has 2 atom stereocenters. The van der Waals surface area contributed by atoms with Crippen molar-refractivity contribution < 1.29 is 9.63 Å². The number of β-amino-alcohol motifs (C(OH)–C–C–N with tert-alkyl or cyclic N) is 1. The highest BCUT2D eigenvalue weighted by molar-refractivity contribution is 4.91. The first-order chi connectivity index (χ1) is 8.04. The summed E-state index contributed by atoms with van der Waals surface area (Å²) in [5, 5.41) is 13.6. The molecule has 1 fully saturated rings. The molecule has 1 aliphatic heterocycles. The van der Waals surface area contributed by atoms with Gasteiger partial charge in [0.15, 0.2) is 5.82 Å². The summed E-state index contributed by atoms with van der Waals surface area (Å²) in [6, 6.07) is 0.360. The first-order valence-corrected chi connectivity index (χ1v) is 5.90. The minimum atomic E-state index is -0.243. The van der Waals surface area contributed by atoms with Crippen LogP contribution in [-0.4, -0.2) is 64.4 Å². The maximum atomic E-state index is 9.74. The van der Waals surface area contributed by atoms with E-state index in [1.165, 1.54) is 0 Å². The standard InChI is InChI=1S/C11H20N4O2/c1-8-12-11(13-17-8)7-15-6-10(16)4-9(15)5-14(2)3/h9-10,16H,4-7H2,1-3H3. The summed E-state index contributed by atoms with van der Waals surface area (Å²) in [6.07, 6.45) is 0.572. The van der Waals surface area contributed by atoms with Crippen molar-refractivity contribution in [3.63, 3.8) is 0 Å². The molecule has 17 heavy (non-hydrogen) atoms. The Morgan fingerprint density at radius 3 is 2.88 bits per heavy atom. The SMILES string of the molecule is Cc1nc(CN2CC(O)CC2CN(C)C)no1. The van der Waals surface area contributed by atoms with E-state index >= 15 is 0 Å². The minimum Gasteiger partial charge on any atom is -0.392 e. The highest BCUT2D eigenvalue weighted by Gasteiger charge is 2.31. The van der Waals surface area contributed by atoms with Crippen LogP contribution < -0.4 is 0 Å². The van der Waals surface area contributed by atoms with Crippen LogP contribution in [0.3, 0.4) is 0 Å². The number of hydrogen-bond donors (Lipinski definition) is 1. The van der Waals surface area contributed by atoms with Crippen LogP contribution in [0.2, 0.25) is 0 Å². The fourth-order valence-corrected chi connectivity index (χ4v) is 2.35. The van der Waals surface area contributed by atoms with Gasteiger partial charge < -0.3 is 14.5 Å². The van der Waals surface area contributed by atoms with E-state index in [2.05, 4.69) is 19.9 Å². The van der Waals surface area contributed by atoms with Crippen LogP contribution in [0.5, 0.6) is 0 Å². The number of rotatable bonds is 4. The molecule has 0 amide bonds. The van der Waals surface area contributed by atoms with Crippen molar-refractivity contribution in [2.24, 2.45) is 0 Å². The van der Waals surface area contributed by atoms with Gasteiger partial charge in [-0.25, -0.2) is 0 Å². The summed E-state index contributed by atoms with van der Waals surface area (Å²) in [6.45, 7) is 4.06. The quantitative estimate of drug-likeness (QED) is 0.791. The fraction of sp³-hybridized carbons (Fsp3) is 0.818. The summed E-state index contributed by atoms with van der Waals surface area (Å²) in [4.78, 5) is 8.55. The first-order valence-electron chi connectivity index (χ1n) is 5.90. The van der Waals surface area contributed by atoms with Gasteiger partial charge in [-0.05, 0) is 20.5 Å². The molecule has 1 aromatic rings. The molecule has 0 aromatic carbocycles. The summed E-state index contributed by atoms with van der Waals surface area (Å²) in [5.74, 6) is 1.28. The van der Waals surface area contributed by atoms with Crippen LogP contribution in [-0.2, 0) is 6.54 Å². The van der Waals surface area contributed by atoms with Gasteiger partial charge in [-0.15, -0.1) is 0 Å². The molecule has 2 unspecified atom stereocenters. The van der Waals surface area contributed by atoms with Crippen LogP contribution in [0.4, 0.5) is 0 Å². The number of hydrogen-bond acceptors (Lipinski definition) is 6. The van der Waals surface area contributed by atoms with E-state index in [0.29, 0.717) is 30.8 Å². The zero-order valence-corrected chi connectivity index (χ0v) is 10.6. The van der Waals surface area contributed by atoms with Crippen LogP contribution in [0.25, 0.3) is 0 Å². The first kappa shape index (κ1) is 12.5. The Morgan fingerprint density at radius 1 is 1.53 bits per heavy atom. The van der Waals surface area contributed by atoms with Gasteiger partial charge >= 0.3 is 0 Å². The van der Waals surface area contributed by atoms with Crippen molar-refractivity contribution in [3.8, 4) is 0 Å². The summed E-state index contributed by atoms with van der Waals surface area (Å²) >= 11 is 0. The van der Waals surface area contributed by atoms with Gasteiger partial charge in [-0.1, -0.05) is 5.16 Å². The number of aliphatic hydroxyl groups is 1. The Morgan fingerprint density at radius 2 is 2.29 bits per heavy atom. The van der Waals surface area contributed by atoms with Gasteiger partial charge in [0.2, 0.25) is 5.89 Å². The molecule has 1 N–H and O–H groups in total. The van der Waals surface area contributed by atoms with E-state index in [4.69, 9.17) is 4.52 Å². The number of likely N-dealkylation sites (tertiary alicyclic amines) is 1. The Bertz CT molecular complexity index is 366. The molecule has 0 radical (unpaired) electrons. The molecule has 0 bridgehead atoms. The molecule has 0 aliphatic carbocycles. The van der Waals surface area contributed by atoms with Gasteiger partial charge in [0.25, 0.3) is 0 Å². The fourth-order valence-electron chi connectivity index (χ4n) is 2.35. The number of nitrogens with zero attached hydrogens (tertiary/aromatic N) is 4. The number of likely N-dealkylation sites (N-methyl/N-ethyl adjacent to an activating group) is 1. The normalized spacial score (nSPS) is 25.9. The summed E-state index contributed by atoms with van der Waals surface area (Å²) in [5.41, 5.74) is 0. The van der Waals surface area contributed by atoms with E-state index in [1.807, 2.05) is 14.1 Å². The van der Waals surface area contributed by atoms with Crippen molar-refractivity contribution in [2.75, 3.05) is 27.2 Å². The second kappa shape index (κ2) is 5.12. The monoisotopic (exact) mass is 240 g/mol. The molecule has 6 nitrogen and oxygen atoms in total. The maximum Gasteiger partial charge on any atom is 0.223 e. The van der Waals surface area contributed by atoms with E-state index < -0.39 is 0 Å². The van der Waals surface area contributed by atoms with Gasteiger partial charge in [-0.3, -0.25) is 4.90 Å². The van der Waals surface area contributed by atoms with Crippen LogP contribution in [0, 0.1) is 6.92 Å². The minimum absolute atomic E-state index is 0.243. The molecular weight excluding hydrogens is 220 g/mol. The predicted molar refractivity (Wildman–Crippen MR) is 62.4 cm³/mol. The summed E-state index contributed by atoms with van der Waals surface area (Å²) in [7, 11) is 4.09. The van der Waals surface area contributed by atoms with Crippen molar-refractivity contribution in [1.82, 2.24) is 19.9 Å². The largest absolute Gasteiger partial charge is 0.392 e. The summed E-state index contributed by atoms with van der Waals surface area (Å²) < 4.78 is 4.96. The van der Waals surface area contributed by atoms with Gasteiger partial charge in [-0.2, -0.15) is 4.98 Å². The maximum absolute atomic E-state index is 9.74. The Kier molecular flexibility index (Phi) is 3.76. The highest BCUT2D eigenvalue weighted by atomic mass is 16.5. The van der Waals surface area contributed by atoms with Crippen molar-refractivity contribution >= 4 is 0 Å². The lowest BCUT2D eigenvalue weighted by atomic mass is 10.2. The molecule has 96 valence electrons. The molecule has 6 heteroatoms. The van der Waals surface area contributed by atoms with Crippen molar-refractivity contribution in [3.05, 3.63) is 11.7 Å². The lowest BCUT2D eigenvalue weighted by Gasteiger charge is -2.25. The third-order valence-electron chi connectivity index (χ3n) is 3.00. The molecule has 0 spiro atoms. The van der Waals surface area contributed by atoms with E-state index in [0.717, 1.165) is 13.0 Å². The molecule has 2 rings (SSSR count). The zero-order valence-electron chi connectivity index (χ0n) is 10.6. The van der Waals surface area contributed by atoms with Gasteiger partial charge in [0.1, 0.15) is 0 Å². The second-order valence-corrected chi connectivity index (χ2v) is 4.96. The second-order valence-electron chi connectivity index (χ2n) is 4.96. The van der Waals surface area contributed by atoms with E-state index in [9.17, 15) is 5.11 Å². The molecule has 2 heterocycles. The number of aromatic nitrogens is 2. The van der Waals surface area contributed by atoms with Crippen LogP contribution in [0.1, 0.15) is 18.1 Å². The highest BCUT2D eigenvalue weighted by Crippen LogP contribution is 2.20. The predicted octanol–water partition coefficient (Wildman–Crippen LogP) is -0.125. The van der Waals surface area contributed by atoms with Crippen molar-refractivity contribution in [1.29, 1.82) is 0 Å². The molecule has 0 saturated carbocycles. The Hall–Kier alpha value is -0.980. The van der Waals surface area contributed by atoms with Crippen LogP contribution in [0.15, 0.2) is 4.52 Å². The third kappa shape index (κ3) is 3.24. The Labute approximate surface area is 101 Å². The average Bonchev–Trinajstić information content (AvgIpc) is 2.74. The lowest BCUT2D eigenvalue weighted by molar-refractivity contribution is 0.166.